The summed E-state index contributed by atoms with van der Waals surface area (Å²) in [6, 6.07) is 13.5. The minimum atomic E-state index is -0.307. The summed E-state index contributed by atoms with van der Waals surface area (Å²) in [5, 5.41) is 0. The molecule has 3 rings (SSSR count). The molecule has 0 spiro atoms. The van der Waals surface area contributed by atoms with Crippen molar-refractivity contribution in [2.24, 2.45) is 0 Å². The summed E-state index contributed by atoms with van der Waals surface area (Å²) in [5.74, 6) is -0.178. The van der Waals surface area contributed by atoms with Crippen molar-refractivity contribution in [3.63, 3.8) is 0 Å². The van der Waals surface area contributed by atoms with Crippen LogP contribution < -0.4 is 5.56 Å². The third-order valence-electron chi connectivity index (χ3n) is 3.98. The van der Waals surface area contributed by atoms with Gasteiger partial charge < -0.3 is 9.88 Å². The number of rotatable bonds is 2. The third kappa shape index (κ3) is 2.61. The lowest BCUT2D eigenvalue weighted by Gasteiger charge is -2.25. The fraction of sp³-hybridized carbons (Fsp3) is 0.294. The number of aryl methyl sites for hydroxylation is 1. The van der Waals surface area contributed by atoms with Crippen LogP contribution in [0.4, 0.5) is 0 Å². The Balaban J connectivity index is 1.92. The molecule has 2 heterocycles. The van der Waals surface area contributed by atoms with E-state index in [2.05, 4.69) is 4.98 Å². The predicted molar refractivity (Wildman–Crippen MR) is 81.3 cm³/mol. The van der Waals surface area contributed by atoms with Gasteiger partial charge in [0, 0.05) is 12.2 Å². The number of nitrogens with zero attached hydrogens (tertiary/aromatic N) is 1. The second-order valence-corrected chi connectivity index (χ2v) is 5.45. The van der Waals surface area contributed by atoms with E-state index < -0.39 is 0 Å². The van der Waals surface area contributed by atoms with Gasteiger partial charge in [-0.2, -0.15) is 0 Å². The van der Waals surface area contributed by atoms with Crippen LogP contribution >= 0.6 is 0 Å². The number of aromatic nitrogens is 1. The summed E-state index contributed by atoms with van der Waals surface area (Å²) in [6.45, 7) is 2.50. The molecule has 1 amide bonds. The van der Waals surface area contributed by atoms with E-state index in [9.17, 15) is 9.59 Å². The molecule has 1 fully saturated rings. The van der Waals surface area contributed by atoms with Crippen LogP contribution in [0.3, 0.4) is 0 Å². The van der Waals surface area contributed by atoms with Gasteiger partial charge in [-0.05, 0) is 37.5 Å². The summed E-state index contributed by atoms with van der Waals surface area (Å²) in [6.07, 6.45) is 1.91. The summed E-state index contributed by atoms with van der Waals surface area (Å²) in [5.41, 5.74) is 1.81. The molecule has 1 N–H and O–H groups in total. The Kier molecular flexibility index (Phi) is 3.60. The second-order valence-electron chi connectivity index (χ2n) is 5.45. The normalized spacial score (nSPS) is 18.0. The maximum absolute atomic E-state index is 12.7. The summed E-state index contributed by atoms with van der Waals surface area (Å²) in [7, 11) is 0. The number of likely N-dealkylation sites (tertiary alicyclic amines) is 1. The molecule has 2 aromatic rings. The quantitative estimate of drug-likeness (QED) is 0.920. The summed E-state index contributed by atoms with van der Waals surface area (Å²) >= 11 is 0. The molecule has 0 radical (unpaired) electrons. The average molecular weight is 282 g/mol. The smallest absolute Gasteiger partial charge is 0.260 e. The number of amides is 1. The number of carbonyl (C=O) groups is 1. The van der Waals surface area contributed by atoms with Crippen LogP contribution in [0.1, 0.15) is 40.5 Å². The number of hydrogen-bond donors (Lipinski definition) is 1. The number of nitrogens with one attached hydrogen (secondary N) is 1. The van der Waals surface area contributed by atoms with E-state index in [0.29, 0.717) is 6.54 Å². The second kappa shape index (κ2) is 5.56. The SMILES string of the molecule is Cc1ccc(C(=O)N2CCC[C@H]2c2ccccc2)c(=O)[nH]1. The van der Waals surface area contributed by atoms with E-state index in [-0.39, 0.29) is 23.1 Å². The number of carbonyl (C=O) groups excluding carboxylic acids is 1. The standard InChI is InChI=1S/C17H18N2O2/c1-12-9-10-14(16(20)18-12)17(21)19-11-5-8-15(19)13-6-3-2-4-7-13/h2-4,6-7,9-10,15H,5,8,11H2,1H3,(H,18,20)/t15-/m0/s1. The van der Waals surface area contributed by atoms with Crippen LogP contribution in [0.25, 0.3) is 0 Å². The Morgan fingerprint density at radius 3 is 2.67 bits per heavy atom. The molecule has 21 heavy (non-hydrogen) atoms. The summed E-state index contributed by atoms with van der Waals surface area (Å²) in [4.78, 5) is 29.2. The van der Waals surface area contributed by atoms with Gasteiger partial charge in [-0.3, -0.25) is 9.59 Å². The molecule has 0 aliphatic carbocycles. The van der Waals surface area contributed by atoms with Gasteiger partial charge in [0.25, 0.3) is 11.5 Å². The fourth-order valence-electron chi connectivity index (χ4n) is 2.93. The topological polar surface area (TPSA) is 53.2 Å². The monoisotopic (exact) mass is 282 g/mol. The van der Waals surface area contributed by atoms with Gasteiger partial charge in [0.1, 0.15) is 5.56 Å². The van der Waals surface area contributed by atoms with Crippen molar-refractivity contribution in [3.05, 3.63) is 69.6 Å². The first-order chi connectivity index (χ1) is 10.2. The lowest BCUT2D eigenvalue weighted by molar-refractivity contribution is 0.0734. The zero-order valence-electron chi connectivity index (χ0n) is 12.0. The Morgan fingerprint density at radius 1 is 1.19 bits per heavy atom. The first-order valence-corrected chi connectivity index (χ1v) is 7.22. The molecule has 1 saturated heterocycles. The van der Waals surface area contributed by atoms with Crippen LogP contribution in [0.15, 0.2) is 47.3 Å². The van der Waals surface area contributed by atoms with E-state index in [1.807, 2.05) is 35.2 Å². The highest BCUT2D eigenvalue weighted by Gasteiger charge is 2.31. The highest BCUT2D eigenvalue weighted by atomic mass is 16.2. The van der Waals surface area contributed by atoms with E-state index in [0.717, 1.165) is 24.1 Å². The van der Waals surface area contributed by atoms with E-state index in [4.69, 9.17) is 0 Å². The third-order valence-corrected chi connectivity index (χ3v) is 3.98. The Hall–Kier alpha value is -2.36. The predicted octanol–water partition coefficient (Wildman–Crippen LogP) is 2.66. The van der Waals surface area contributed by atoms with Crippen LogP contribution in [0.2, 0.25) is 0 Å². The Bertz CT molecular complexity index is 706. The molecule has 1 atom stereocenters. The molecule has 0 saturated carbocycles. The zero-order chi connectivity index (χ0) is 14.8. The van der Waals surface area contributed by atoms with Gasteiger partial charge in [0.05, 0.1) is 6.04 Å². The molecule has 108 valence electrons. The molecular weight excluding hydrogens is 264 g/mol. The first-order valence-electron chi connectivity index (χ1n) is 7.22. The van der Waals surface area contributed by atoms with Crippen LogP contribution in [0, 0.1) is 6.92 Å². The maximum atomic E-state index is 12.7. The number of hydrogen-bond acceptors (Lipinski definition) is 2. The Labute approximate surface area is 123 Å². The van der Waals surface area contributed by atoms with E-state index >= 15 is 0 Å². The molecule has 0 unspecified atom stereocenters. The molecule has 1 aliphatic rings. The lowest BCUT2D eigenvalue weighted by atomic mass is 10.0. The molecule has 4 heteroatoms. The van der Waals surface area contributed by atoms with Crippen molar-refractivity contribution in [3.8, 4) is 0 Å². The van der Waals surface area contributed by atoms with E-state index in [1.165, 1.54) is 0 Å². The van der Waals surface area contributed by atoms with Crippen molar-refractivity contribution in [2.45, 2.75) is 25.8 Å². The van der Waals surface area contributed by atoms with E-state index in [1.54, 1.807) is 19.1 Å². The van der Waals surface area contributed by atoms with Crippen molar-refractivity contribution < 1.29 is 4.79 Å². The molecular formula is C17H18N2O2. The van der Waals surface area contributed by atoms with Gasteiger partial charge in [-0.25, -0.2) is 0 Å². The van der Waals surface area contributed by atoms with Gasteiger partial charge >= 0.3 is 0 Å². The van der Waals surface area contributed by atoms with Crippen molar-refractivity contribution in [1.82, 2.24) is 9.88 Å². The molecule has 4 nitrogen and oxygen atoms in total. The lowest BCUT2D eigenvalue weighted by Crippen LogP contribution is -2.34. The average Bonchev–Trinajstić information content (AvgIpc) is 2.97. The van der Waals surface area contributed by atoms with Crippen molar-refractivity contribution >= 4 is 5.91 Å². The minimum absolute atomic E-state index is 0.0689. The van der Waals surface area contributed by atoms with Gasteiger partial charge in [0.15, 0.2) is 0 Å². The Morgan fingerprint density at radius 2 is 1.95 bits per heavy atom. The molecule has 1 aliphatic heterocycles. The zero-order valence-corrected chi connectivity index (χ0v) is 12.0. The fourth-order valence-corrected chi connectivity index (χ4v) is 2.93. The van der Waals surface area contributed by atoms with Crippen LogP contribution in [-0.4, -0.2) is 22.3 Å². The highest BCUT2D eigenvalue weighted by Crippen LogP contribution is 2.32. The van der Waals surface area contributed by atoms with Gasteiger partial charge in [-0.1, -0.05) is 30.3 Å². The maximum Gasteiger partial charge on any atom is 0.260 e. The largest absolute Gasteiger partial charge is 0.331 e. The summed E-state index contributed by atoms with van der Waals surface area (Å²) < 4.78 is 0. The minimum Gasteiger partial charge on any atom is -0.331 e. The molecule has 1 aromatic carbocycles. The molecule has 0 bridgehead atoms. The van der Waals surface area contributed by atoms with Gasteiger partial charge in [-0.15, -0.1) is 0 Å². The molecule has 1 aromatic heterocycles. The van der Waals surface area contributed by atoms with Crippen LogP contribution in [-0.2, 0) is 0 Å². The van der Waals surface area contributed by atoms with Crippen molar-refractivity contribution in [1.29, 1.82) is 0 Å². The number of benzene rings is 1. The number of H-pyrrole nitrogens is 1. The number of pyridine rings is 1. The highest BCUT2D eigenvalue weighted by molar-refractivity contribution is 5.94. The first kappa shape index (κ1) is 13.6. The number of aromatic amines is 1. The van der Waals surface area contributed by atoms with Crippen LogP contribution in [0.5, 0.6) is 0 Å². The van der Waals surface area contributed by atoms with Crippen molar-refractivity contribution in [2.75, 3.05) is 6.54 Å². The van der Waals surface area contributed by atoms with Gasteiger partial charge in [0.2, 0.25) is 0 Å².